The number of nitrogens with zero attached hydrogens (tertiary/aromatic N) is 1. The zero-order chi connectivity index (χ0) is 25.4. The van der Waals surface area contributed by atoms with Crippen molar-refractivity contribution in [3.63, 3.8) is 0 Å². The molecule has 4 rings (SSSR count). The number of aromatic nitrogens is 2. The second kappa shape index (κ2) is 9.18. The Hall–Kier alpha value is -4.26. The fourth-order valence-electron chi connectivity index (χ4n) is 3.55. The summed E-state index contributed by atoms with van der Waals surface area (Å²) in [4.78, 5) is 39.2. The van der Waals surface area contributed by atoms with E-state index in [1.807, 2.05) is 0 Å². The van der Waals surface area contributed by atoms with E-state index in [2.05, 4.69) is 10.3 Å². The number of rotatable bonds is 7. The van der Waals surface area contributed by atoms with Crippen molar-refractivity contribution in [2.45, 2.75) is 6.54 Å². The highest BCUT2D eigenvalue weighted by Gasteiger charge is 2.22. The first-order valence-electron chi connectivity index (χ1n) is 9.80. The van der Waals surface area contributed by atoms with Crippen LogP contribution in [0.3, 0.4) is 0 Å². The number of thiophene rings is 1. The maximum absolute atomic E-state index is 15.0. The summed E-state index contributed by atoms with van der Waals surface area (Å²) in [7, 11) is 2.51. The Morgan fingerprint density at radius 1 is 1.11 bits per heavy atom. The molecule has 3 N–H and O–H groups in total. The van der Waals surface area contributed by atoms with E-state index in [4.69, 9.17) is 9.47 Å². The molecule has 2 heterocycles. The van der Waals surface area contributed by atoms with E-state index >= 15 is 0 Å². The largest absolute Gasteiger partial charge is 0.496 e. The molecule has 0 fully saturated rings. The summed E-state index contributed by atoms with van der Waals surface area (Å²) in [6.07, 6.45) is 0. The van der Waals surface area contributed by atoms with E-state index in [1.165, 1.54) is 25.7 Å². The molecule has 0 amide bonds. The summed E-state index contributed by atoms with van der Waals surface area (Å²) in [5, 5.41) is 13.1. The second-order valence-corrected chi connectivity index (χ2v) is 8.01. The van der Waals surface area contributed by atoms with Crippen molar-refractivity contribution in [3.8, 4) is 17.2 Å². The van der Waals surface area contributed by atoms with Crippen molar-refractivity contribution in [1.29, 1.82) is 0 Å². The molecule has 0 bridgehead atoms. The average molecular weight is 507 g/mol. The third-order valence-corrected chi connectivity index (χ3v) is 6.15. The fourth-order valence-corrected chi connectivity index (χ4v) is 4.38. The number of hydrogen-bond acceptors (Lipinski definition) is 7. The molecule has 9 nitrogen and oxygen atoms in total. The summed E-state index contributed by atoms with van der Waals surface area (Å²) >= 11 is 0.736. The highest BCUT2D eigenvalue weighted by molar-refractivity contribution is 7.13. The molecule has 0 spiro atoms. The molecule has 0 unspecified atom stereocenters. The number of aromatic amines is 1. The number of hydrogen-bond donors (Lipinski definition) is 3. The van der Waals surface area contributed by atoms with Gasteiger partial charge in [-0.1, -0.05) is 0 Å². The predicted octanol–water partition coefficient (Wildman–Crippen LogP) is 3.49. The molecule has 35 heavy (non-hydrogen) atoms. The van der Waals surface area contributed by atoms with Gasteiger partial charge in [0.25, 0.3) is 5.56 Å². The van der Waals surface area contributed by atoms with Crippen molar-refractivity contribution < 1.29 is 32.5 Å². The van der Waals surface area contributed by atoms with Crippen LogP contribution in [0.15, 0.2) is 39.2 Å². The number of halogens is 3. The van der Waals surface area contributed by atoms with Crippen LogP contribution in [0.25, 0.3) is 16.6 Å². The number of anilines is 1. The highest BCUT2D eigenvalue weighted by Crippen LogP contribution is 2.32. The van der Waals surface area contributed by atoms with E-state index in [9.17, 15) is 32.7 Å². The van der Waals surface area contributed by atoms with Gasteiger partial charge in [0.2, 0.25) is 0 Å². The lowest BCUT2D eigenvalue weighted by Gasteiger charge is -2.16. The molecule has 0 aliphatic heterocycles. The lowest BCUT2D eigenvalue weighted by atomic mass is 10.1. The van der Waals surface area contributed by atoms with Gasteiger partial charge in [-0.05, 0) is 18.2 Å². The molecule has 0 atom stereocenters. The number of carboxylic acid groups (broad SMARTS) is 1. The normalized spacial score (nSPS) is 11.0. The minimum atomic E-state index is -1.38. The smallest absolute Gasteiger partial charge is 0.346 e. The Bertz CT molecular complexity index is 1590. The maximum atomic E-state index is 15.0. The van der Waals surface area contributed by atoms with Crippen molar-refractivity contribution in [1.82, 2.24) is 9.55 Å². The molecular formula is C22H16F3N3O6S. The van der Waals surface area contributed by atoms with Gasteiger partial charge in [0.05, 0.1) is 42.1 Å². The van der Waals surface area contributed by atoms with Gasteiger partial charge in [-0.15, -0.1) is 11.3 Å². The van der Waals surface area contributed by atoms with E-state index < -0.39 is 40.4 Å². The first-order valence-corrected chi connectivity index (χ1v) is 10.7. The Kier molecular flexibility index (Phi) is 6.26. The van der Waals surface area contributed by atoms with Gasteiger partial charge < -0.3 is 24.9 Å². The van der Waals surface area contributed by atoms with Crippen LogP contribution < -0.4 is 26.0 Å². The van der Waals surface area contributed by atoms with Gasteiger partial charge in [0.15, 0.2) is 17.5 Å². The van der Waals surface area contributed by atoms with Crippen LogP contribution in [0, 0.1) is 17.5 Å². The number of benzene rings is 2. The van der Waals surface area contributed by atoms with E-state index in [1.54, 1.807) is 0 Å². The van der Waals surface area contributed by atoms with Crippen LogP contribution in [0.2, 0.25) is 0 Å². The Morgan fingerprint density at radius 3 is 2.49 bits per heavy atom. The third-order valence-electron chi connectivity index (χ3n) is 5.19. The van der Waals surface area contributed by atoms with E-state index in [0.29, 0.717) is 4.57 Å². The lowest BCUT2D eigenvalue weighted by Crippen LogP contribution is -2.34. The van der Waals surface area contributed by atoms with Gasteiger partial charge in [-0.2, -0.15) is 0 Å². The van der Waals surface area contributed by atoms with Crippen molar-refractivity contribution in [3.05, 3.63) is 78.4 Å². The molecule has 0 aliphatic rings. The minimum Gasteiger partial charge on any atom is -0.496 e. The monoisotopic (exact) mass is 507 g/mol. The number of aromatic carboxylic acids is 1. The molecule has 2 aromatic carbocycles. The Morgan fingerprint density at radius 2 is 1.83 bits per heavy atom. The third kappa shape index (κ3) is 4.10. The first-order chi connectivity index (χ1) is 16.7. The zero-order valence-corrected chi connectivity index (χ0v) is 18.9. The standard InChI is InChI=1S/C22H16F3N3O6S/c1-33-15-4-3-10(23)18(25)9(15)7-26-12-6-14(11(24)5-16(12)34-2)28-20(29)17-13(27-22(28)32)8-35-19(17)21(30)31/h3-6,8,26H,7H2,1-2H3,(H,27,32)(H,30,31). The Balaban J connectivity index is 1.86. The van der Waals surface area contributed by atoms with Crippen LogP contribution >= 0.6 is 11.3 Å². The molecule has 13 heteroatoms. The van der Waals surface area contributed by atoms with Crippen LogP contribution in [-0.2, 0) is 6.54 Å². The topological polar surface area (TPSA) is 123 Å². The molecule has 0 radical (unpaired) electrons. The highest BCUT2D eigenvalue weighted by atomic mass is 32.1. The van der Waals surface area contributed by atoms with Gasteiger partial charge in [0.1, 0.15) is 16.4 Å². The summed E-state index contributed by atoms with van der Waals surface area (Å²) in [5.74, 6) is -4.69. The van der Waals surface area contributed by atoms with Gasteiger partial charge >= 0.3 is 11.7 Å². The minimum absolute atomic E-state index is 0.000377. The van der Waals surface area contributed by atoms with Crippen molar-refractivity contribution >= 4 is 33.9 Å². The van der Waals surface area contributed by atoms with Crippen LogP contribution in [-0.4, -0.2) is 34.8 Å². The lowest BCUT2D eigenvalue weighted by molar-refractivity contribution is 0.0704. The number of H-pyrrole nitrogens is 1. The summed E-state index contributed by atoms with van der Waals surface area (Å²) < 4.78 is 53.7. The van der Waals surface area contributed by atoms with Crippen LogP contribution in [0.5, 0.6) is 11.5 Å². The van der Waals surface area contributed by atoms with Crippen molar-refractivity contribution in [2.75, 3.05) is 19.5 Å². The number of methoxy groups -OCH3 is 2. The molecule has 4 aromatic rings. The molecule has 0 aliphatic carbocycles. The Labute approximate surface area is 198 Å². The van der Waals surface area contributed by atoms with Gasteiger partial charge in [-0.3, -0.25) is 4.79 Å². The van der Waals surface area contributed by atoms with Crippen molar-refractivity contribution in [2.24, 2.45) is 0 Å². The summed E-state index contributed by atoms with van der Waals surface area (Å²) in [6, 6.07) is 4.09. The number of carboxylic acids is 1. The molecular weight excluding hydrogens is 491 g/mol. The van der Waals surface area contributed by atoms with Gasteiger partial charge in [0, 0.05) is 18.0 Å². The maximum Gasteiger partial charge on any atom is 0.346 e. The number of fused-ring (bicyclic) bond motifs is 1. The summed E-state index contributed by atoms with van der Waals surface area (Å²) in [6.45, 7) is -0.327. The SMILES string of the molecule is COc1cc(F)c(-n2c(=O)[nH]c3csc(C(=O)O)c3c2=O)cc1NCc1c(OC)ccc(F)c1F. The average Bonchev–Trinajstić information content (AvgIpc) is 3.25. The molecule has 2 aromatic heterocycles. The van der Waals surface area contributed by atoms with Crippen LogP contribution in [0.1, 0.15) is 15.2 Å². The number of carbonyl (C=O) groups is 1. The molecule has 182 valence electrons. The number of nitrogens with one attached hydrogen (secondary N) is 2. The quantitative estimate of drug-likeness (QED) is 0.350. The van der Waals surface area contributed by atoms with E-state index in [-0.39, 0.29) is 45.1 Å². The van der Waals surface area contributed by atoms with Gasteiger partial charge in [-0.25, -0.2) is 27.3 Å². The molecule has 0 saturated carbocycles. The van der Waals surface area contributed by atoms with E-state index in [0.717, 1.165) is 29.5 Å². The second-order valence-electron chi connectivity index (χ2n) is 7.13. The fraction of sp³-hybridized carbons (Fsp3) is 0.136. The number of ether oxygens (including phenoxy) is 2. The summed E-state index contributed by atoms with van der Waals surface area (Å²) in [5.41, 5.74) is -2.71. The zero-order valence-electron chi connectivity index (χ0n) is 18.1. The predicted molar refractivity (Wildman–Crippen MR) is 122 cm³/mol. The van der Waals surface area contributed by atoms with Crippen LogP contribution in [0.4, 0.5) is 18.9 Å². The molecule has 0 saturated heterocycles. The first kappa shape index (κ1) is 23.9.